The third-order valence-corrected chi connectivity index (χ3v) is 4.61. The van der Waals surface area contributed by atoms with Crippen LogP contribution in [0.1, 0.15) is 37.3 Å². The van der Waals surface area contributed by atoms with Gasteiger partial charge >= 0.3 is 6.03 Å². The Morgan fingerprint density at radius 1 is 1.42 bits per heavy atom. The molecular formula is C17H30N4O3. The maximum atomic E-state index is 11.9. The molecule has 1 aliphatic heterocycles. The third-order valence-electron chi connectivity index (χ3n) is 4.61. The van der Waals surface area contributed by atoms with Crippen LogP contribution < -0.4 is 10.6 Å². The smallest absolute Gasteiger partial charge is 0.314 e. The fourth-order valence-corrected chi connectivity index (χ4v) is 3.14. The minimum atomic E-state index is -0.110. The first-order valence-corrected chi connectivity index (χ1v) is 8.76. The van der Waals surface area contributed by atoms with Crippen LogP contribution in [0.25, 0.3) is 0 Å². The zero-order valence-corrected chi connectivity index (χ0v) is 15.2. The number of nitrogens with zero attached hydrogens (tertiary/aromatic N) is 2. The van der Waals surface area contributed by atoms with Crippen LogP contribution in [-0.4, -0.2) is 61.0 Å². The first-order valence-electron chi connectivity index (χ1n) is 8.76. The molecule has 0 spiro atoms. The van der Waals surface area contributed by atoms with Gasteiger partial charge in [0, 0.05) is 37.3 Å². The summed E-state index contributed by atoms with van der Waals surface area (Å²) in [4.78, 5) is 14.3. The third kappa shape index (κ3) is 5.21. The highest BCUT2D eigenvalue weighted by Gasteiger charge is 2.23. The number of urea groups is 1. The minimum absolute atomic E-state index is 0.110. The summed E-state index contributed by atoms with van der Waals surface area (Å²) in [6.45, 7) is 11.9. The molecular weight excluding hydrogens is 308 g/mol. The molecule has 0 aromatic carbocycles. The van der Waals surface area contributed by atoms with Gasteiger partial charge in [0.15, 0.2) is 0 Å². The molecule has 0 unspecified atom stereocenters. The Balaban J connectivity index is 1.61. The number of aromatic nitrogens is 1. The quantitative estimate of drug-likeness (QED) is 0.739. The molecule has 1 fully saturated rings. The summed E-state index contributed by atoms with van der Waals surface area (Å²) in [5, 5.41) is 9.80. The lowest BCUT2D eigenvalue weighted by molar-refractivity contribution is -0.0176. The van der Waals surface area contributed by atoms with Gasteiger partial charge in [-0.25, -0.2) is 4.79 Å². The van der Waals surface area contributed by atoms with Crippen molar-refractivity contribution in [2.45, 2.75) is 52.6 Å². The molecule has 2 amide bonds. The number of carbonyl (C=O) groups excluding carboxylic acids is 1. The standard InChI is InChI=1S/C17H30N4O3/c1-12(21-8-9-23-11-13(21)2)10-19-17(22)18-7-5-6-16-14(3)20-24-15(16)4/h12-13H,5-11H2,1-4H3,(H2,18,19,22)/t12-,13+/m1/s1. The number of amides is 2. The van der Waals surface area contributed by atoms with Crippen molar-refractivity contribution in [2.24, 2.45) is 0 Å². The van der Waals surface area contributed by atoms with Crippen LogP contribution in [0.2, 0.25) is 0 Å². The van der Waals surface area contributed by atoms with Crippen LogP contribution in [0.4, 0.5) is 4.79 Å². The van der Waals surface area contributed by atoms with Gasteiger partial charge in [-0.15, -0.1) is 0 Å². The second-order valence-corrected chi connectivity index (χ2v) is 6.55. The van der Waals surface area contributed by atoms with Gasteiger partial charge < -0.3 is 19.9 Å². The average Bonchev–Trinajstić information content (AvgIpc) is 2.88. The Bertz CT molecular complexity index is 512. The summed E-state index contributed by atoms with van der Waals surface area (Å²) in [7, 11) is 0. The lowest BCUT2D eigenvalue weighted by Gasteiger charge is -2.37. The Morgan fingerprint density at radius 2 is 2.21 bits per heavy atom. The SMILES string of the molecule is Cc1noc(C)c1CCCNC(=O)NC[C@@H](C)N1CCOC[C@@H]1C. The van der Waals surface area contributed by atoms with E-state index in [1.165, 1.54) is 0 Å². The first kappa shape index (κ1) is 18.7. The predicted molar refractivity (Wildman–Crippen MR) is 92.1 cm³/mol. The normalized spacial score (nSPS) is 19.9. The van der Waals surface area contributed by atoms with E-state index in [1.54, 1.807) is 0 Å². The summed E-state index contributed by atoms with van der Waals surface area (Å²) in [6.07, 6.45) is 1.73. The summed E-state index contributed by atoms with van der Waals surface area (Å²) in [5.41, 5.74) is 2.08. The number of nitrogens with one attached hydrogen (secondary N) is 2. The van der Waals surface area contributed by atoms with Crippen molar-refractivity contribution in [3.05, 3.63) is 17.0 Å². The first-order chi connectivity index (χ1) is 11.5. The molecule has 1 aliphatic rings. The molecule has 0 bridgehead atoms. The van der Waals surface area contributed by atoms with Crippen LogP contribution in [0.15, 0.2) is 4.52 Å². The van der Waals surface area contributed by atoms with E-state index in [0.29, 0.717) is 25.2 Å². The monoisotopic (exact) mass is 338 g/mol. The predicted octanol–water partition coefficient (Wildman–Crippen LogP) is 1.63. The molecule has 0 saturated carbocycles. The highest BCUT2D eigenvalue weighted by molar-refractivity contribution is 5.73. The molecule has 1 aromatic heterocycles. The van der Waals surface area contributed by atoms with E-state index >= 15 is 0 Å². The van der Waals surface area contributed by atoms with E-state index in [-0.39, 0.29) is 6.03 Å². The molecule has 7 nitrogen and oxygen atoms in total. The molecule has 1 saturated heterocycles. The Labute approximate surface area is 144 Å². The number of ether oxygens (including phenoxy) is 1. The van der Waals surface area contributed by atoms with E-state index in [4.69, 9.17) is 9.26 Å². The maximum absolute atomic E-state index is 11.9. The fourth-order valence-electron chi connectivity index (χ4n) is 3.14. The lowest BCUT2D eigenvalue weighted by atomic mass is 10.1. The van der Waals surface area contributed by atoms with E-state index in [1.807, 2.05) is 13.8 Å². The summed E-state index contributed by atoms with van der Waals surface area (Å²) in [6, 6.07) is 0.590. The van der Waals surface area contributed by atoms with E-state index in [0.717, 1.165) is 49.6 Å². The largest absolute Gasteiger partial charge is 0.379 e. The van der Waals surface area contributed by atoms with Gasteiger partial charge in [0.2, 0.25) is 0 Å². The maximum Gasteiger partial charge on any atom is 0.314 e. The minimum Gasteiger partial charge on any atom is -0.379 e. The van der Waals surface area contributed by atoms with Crippen molar-refractivity contribution in [3.8, 4) is 0 Å². The molecule has 7 heteroatoms. The van der Waals surface area contributed by atoms with Crippen molar-refractivity contribution < 1.29 is 14.1 Å². The van der Waals surface area contributed by atoms with Crippen LogP contribution in [0, 0.1) is 13.8 Å². The van der Waals surface area contributed by atoms with Crippen molar-refractivity contribution in [1.82, 2.24) is 20.7 Å². The van der Waals surface area contributed by atoms with Crippen LogP contribution in [0.5, 0.6) is 0 Å². The molecule has 2 N–H and O–H groups in total. The molecule has 2 atom stereocenters. The van der Waals surface area contributed by atoms with Crippen molar-refractivity contribution in [3.63, 3.8) is 0 Å². The summed E-state index contributed by atoms with van der Waals surface area (Å²) >= 11 is 0. The van der Waals surface area contributed by atoms with E-state index < -0.39 is 0 Å². The van der Waals surface area contributed by atoms with Gasteiger partial charge in [-0.3, -0.25) is 4.90 Å². The van der Waals surface area contributed by atoms with Crippen molar-refractivity contribution >= 4 is 6.03 Å². The second-order valence-electron chi connectivity index (χ2n) is 6.55. The van der Waals surface area contributed by atoms with E-state index in [2.05, 4.69) is 34.5 Å². The topological polar surface area (TPSA) is 79.6 Å². The number of carbonyl (C=O) groups is 1. The van der Waals surface area contributed by atoms with Crippen molar-refractivity contribution in [1.29, 1.82) is 0 Å². The highest BCUT2D eigenvalue weighted by Crippen LogP contribution is 2.13. The number of hydrogen-bond donors (Lipinski definition) is 2. The summed E-state index contributed by atoms with van der Waals surface area (Å²) in [5.74, 6) is 0.866. The molecule has 24 heavy (non-hydrogen) atoms. The number of morpholine rings is 1. The zero-order chi connectivity index (χ0) is 17.5. The van der Waals surface area contributed by atoms with Gasteiger partial charge in [-0.05, 0) is 40.5 Å². The zero-order valence-electron chi connectivity index (χ0n) is 15.2. The highest BCUT2D eigenvalue weighted by atomic mass is 16.5. The second kappa shape index (κ2) is 9.03. The molecule has 136 valence electrons. The van der Waals surface area contributed by atoms with Gasteiger partial charge in [0.05, 0.1) is 18.9 Å². The van der Waals surface area contributed by atoms with Gasteiger partial charge in [-0.2, -0.15) is 0 Å². The molecule has 2 rings (SSSR count). The van der Waals surface area contributed by atoms with Crippen LogP contribution >= 0.6 is 0 Å². The Morgan fingerprint density at radius 3 is 2.88 bits per heavy atom. The fraction of sp³-hybridized carbons (Fsp3) is 0.765. The lowest BCUT2D eigenvalue weighted by Crippen LogP contribution is -2.52. The molecule has 1 aromatic rings. The van der Waals surface area contributed by atoms with Crippen LogP contribution in [-0.2, 0) is 11.2 Å². The van der Waals surface area contributed by atoms with E-state index in [9.17, 15) is 4.79 Å². The Kier molecular flexibility index (Phi) is 7.05. The van der Waals surface area contributed by atoms with Gasteiger partial charge in [-0.1, -0.05) is 5.16 Å². The van der Waals surface area contributed by atoms with Crippen molar-refractivity contribution in [2.75, 3.05) is 32.8 Å². The number of hydrogen-bond acceptors (Lipinski definition) is 5. The number of rotatable bonds is 7. The van der Waals surface area contributed by atoms with Gasteiger partial charge in [0.1, 0.15) is 5.76 Å². The number of aryl methyl sites for hydroxylation is 2. The molecule has 0 radical (unpaired) electrons. The Hall–Kier alpha value is -1.60. The van der Waals surface area contributed by atoms with Gasteiger partial charge in [0.25, 0.3) is 0 Å². The molecule has 0 aliphatic carbocycles. The summed E-state index contributed by atoms with van der Waals surface area (Å²) < 4.78 is 10.6. The molecule has 2 heterocycles. The van der Waals surface area contributed by atoms with Crippen LogP contribution in [0.3, 0.4) is 0 Å². The average molecular weight is 338 g/mol.